The minimum Gasteiger partial charge on any atom is -0.387 e. The molecule has 80 valence electrons. The fourth-order valence-corrected chi connectivity index (χ4v) is 1.97. The van der Waals surface area contributed by atoms with E-state index >= 15 is 0 Å². The molecule has 2 aromatic rings. The second kappa shape index (κ2) is 3.66. The van der Waals surface area contributed by atoms with Gasteiger partial charge < -0.3 is 9.67 Å². The van der Waals surface area contributed by atoms with Crippen molar-refractivity contribution in [3.05, 3.63) is 35.8 Å². The van der Waals surface area contributed by atoms with Crippen molar-refractivity contribution in [1.29, 1.82) is 0 Å². The van der Waals surface area contributed by atoms with Gasteiger partial charge in [0.25, 0.3) is 0 Å². The van der Waals surface area contributed by atoms with Gasteiger partial charge in [0.05, 0.1) is 11.6 Å². The van der Waals surface area contributed by atoms with Crippen LogP contribution in [-0.2, 0) is 6.54 Å². The van der Waals surface area contributed by atoms with E-state index in [9.17, 15) is 9.50 Å². The number of halogens is 1. The Bertz CT molecular complexity index is 488. The van der Waals surface area contributed by atoms with Gasteiger partial charge >= 0.3 is 0 Å². The van der Waals surface area contributed by atoms with Crippen LogP contribution in [0.4, 0.5) is 4.39 Å². The molecule has 0 aliphatic carbocycles. The largest absolute Gasteiger partial charge is 0.387 e. The number of aromatic nitrogens is 1. The maximum absolute atomic E-state index is 13.5. The molecule has 0 saturated carbocycles. The fourth-order valence-electron chi connectivity index (χ4n) is 1.97. The molecule has 1 heterocycles. The molecule has 0 amide bonds. The molecule has 2 nitrogen and oxygen atoms in total. The van der Waals surface area contributed by atoms with Gasteiger partial charge in [-0.1, -0.05) is 6.07 Å². The van der Waals surface area contributed by atoms with Crippen LogP contribution in [0.2, 0.25) is 0 Å². The Labute approximate surface area is 88.0 Å². The van der Waals surface area contributed by atoms with E-state index in [0.717, 1.165) is 17.8 Å². The highest BCUT2D eigenvalue weighted by Crippen LogP contribution is 2.26. The van der Waals surface area contributed by atoms with E-state index in [-0.39, 0.29) is 5.82 Å². The van der Waals surface area contributed by atoms with Crippen LogP contribution in [0.15, 0.2) is 24.3 Å². The molecule has 0 fully saturated rings. The molecule has 0 spiro atoms. The van der Waals surface area contributed by atoms with Crippen LogP contribution in [0.3, 0.4) is 0 Å². The number of aliphatic hydroxyl groups is 1. The first kappa shape index (κ1) is 10.2. The smallest absolute Gasteiger partial charge is 0.132 e. The molecule has 0 aliphatic rings. The monoisotopic (exact) mass is 207 g/mol. The van der Waals surface area contributed by atoms with Crippen molar-refractivity contribution < 1.29 is 9.50 Å². The standard InChI is InChI=1S/C12H14FNO/c1-3-14-11-6-4-5-10(13)9(11)7-12(14)8(2)15/h4-8,15H,3H2,1-2H3. The lowest BCUT2D eigenvalue weighted by molar-refractivity contribution is 0.190. The molecule has 0 radical (unpaired) electrons. The predicted molar refractivity (Wildman–Crippen MR) is 58.2 cm³/mol. The average molecular weight is 207 g/mol. The van der Waals surface area contributed by atoms with E-state index in [1.165, 1.54) is 6.07 Å². The van der Waals surface area contributed by atoms with E-state index in [1.54, 1.807) is 19.1 Å². The summed E-state index contributed by atoms with van der Waals surface area (Å²) in [4.78, 5) is 0. The van der Waals surface area contributed by atoms with Crippen LogP contribution in [-0.4, -0.2) is 9.67 Å². The van der Waals surface area contributed by atoms with E-state index < -0.39 is 6.10 Å². The van der Waals surface area contributed by atoms with Crippen LogP contribution >= 0.6 is 0 Å². The van der Waals surface area contributed by atoms with Crippen molar-refractivity contribution in [2.75, 3.05) is 0 Å². The summed E-state index contributed by atoms with van der Waals surface area (Å²) in [6.45, 7) is 4.40. The molecule has 0 saturated heterocycles. The van der Waals surface area contributed by atoms with Gasteiger partial charge in [0.2, 0.25) is 0 Å². The van der Waals surface area contributed by atoms with Crippen LogP contribution in [0, 0.1) is 5.82 Å². The van der Waals surface area contributed by atoms with Crippen LogP contribution in [0.5, 0.6) is 0 Å². The summed E-state index contributed by atoms with van der Waals surface area (Å²) < 4.78 is 15.4. The lowest BCUT2D eigenvalue weighted by Gasteiger charge is -2.09. The second-order valence-corrected chi connectivity index (χ2v) is 3.66. The lowest BCUT2D eigenvalue weighted by atomic mass is 10.2. The SMILES string of the molecule is CCn1c(C(C)O)cc2c(F)cccc21. The Balaban J connectivity index is 2.78. The third kappa shape index (κ3) is 1.53. The van der Waals surface area contributed by atoms with E-state index in [4.69, 9.17) is 0 Å². The number of hydrogen-bond donors (Lipinski definition) is 1. The first-order chi connectivity index (χ1) is 7.15. The van der Waals surface area contributed by atoms with Gasteiger partial charge in [-0.15, -0.1) is 0 Å². The van der Waals surface area contributed by atoms with Crippen molar-refractivity contribution >= 4 is 10.9 Å². The zero-order valence-corrected chi connectivity index (χ0v) is 8.87. The molecule has 3 heteroatoms. The van der Waals surface area contributed by atoms with Gasteiger partial charge in [-0.25, -0.2) is 4.39 Å². The first-order valence-corrected chi connectivity index (χ1v) is 5.11. The molecule has 0 aliphatic heterocycles. The quantitative estimate of drug-likeness (QED) is 0.804. The minimum absolute atomic E-state index is 0.235. The van der Waals surface area contributed by atoms with Crippen molar-refractivity contribution in [3.63, 3.8) is 0 Å². The highest BCUT2D eigenvalue weighted by atomic mass is 19.1. The number of rotatable bonds is 2. The summed E-state index contributed by atoms with van der Waals surface area (Å²) in [6, 6.07) is 6.72. The number of benzene rings is 1. The molecule has 1 N–H and O–H groups in total. The summed E-state index contributed by atoms with van der Waals surface area (Å²) >= 11 is 0. The zero-order valence-electron chi connectivity index (χ0n) is 8.87. The molecule has 1 aromatic heterocycles. The van der Waals surface area contributed by atoms with E-state index in [1.807, 2.05) is 17.6 Å². The molecule has 2 rings (SSSR count). The number of hydrogen-bond acceptors (Lipinski definition) is 1. The normalized spacial score (nSPS) is 13.3. The topological polar surface area (TPSA) is 25.2 Å². The Morgan fingerprint density at radius 1 is 1.47 bits per heavy atom. The van der Waals surface area contributed by atoms with E-state index in [0.29, 0.717) is 5.39 Å². The van der Waals surface area contributed by atoms with Crippen LogP contribution in [0.1, 0.15) is 25.6 Å². The molecule has 1 atom stereocenters. The summed E-state index contributed by atoms with van der Waals surface area (Å²) in [5.41, 5.74) is 1.60. The molecule has 15 heavy (non-hydrogen) atoms. The molecule has 1 aromatic carbocycles. The van der Waals surface area contributed by atoms with Crippen LogP contribution in [0.25, 0.3) is 10.9 Å². The predicted octanol–water partition coefficient (Wildman–Crippen LogP) is 2.85. The maximum Gasteiger partial charge on any atom is 0.132 e. The van der Waals surface area contributed by atoms with Crippen LogP contribution < -0.4 is 0 Å². The lowest BCUT2D eigenvalue weighted by Crippen LogP contribution is -2.03. The number of fused-ring (bicyclic) bond motifs is 1. The van der Waals surface area contributed by atoms with Gasteiger partial charge in [0.15, 0.2) is 0 Å². The van der Waals surface area contributed by atoms with Crippen molar-refractivity contribution in [2.45, 2.75) is 26.5 Å². The van der Waals surface area contributed by atoms with Gasteiger partial charge in [0, 0.05) is 17.6 Å². The number of aryl methyl sites for hydroxylation is 1. The maximum atomic E-state index is 13.5. The Morgan fingerprint density at radius 3 is 2.80 bits per heavy atom. The summed E-state index contributed by atoms with van der Waals surface area (Å²) in [5.74, 6) is -0.235. The van der Waals surface area contributed by atoms with Crippen molar-refractivity contribution in [3.8, 4) is 0 Å². The van der Waals surface area contributed by atoms with Gasteiger partial charge in [-0.05, 0) is 32.0 Å². The molecular weight excluding hydrogens is 193 g/mol. The number of aliphatic hydroxyl groups excluding tert-OH is 1. The third-order valence-corrected chi connectivity index (χ3v) is 2.67. The Hall–Kier alpha value is -1.35. The fraction of sp³-hybridized carbons (Fsp3) is 0.333. The summed E-state index contributed by atoms with van der Waals surface area (Å²) in [7, 11) is 0. The van der Waals surface area contributed by atoms with Gasteiger partial charge in [-0.2, -0.15) is 0 Å². The molecule has 1 unspecified atom stereocenters. The second-order valence-electron chi connectivity index (χ2n) is 3.66. The zero-order chi connectivity index (χ0) is 11.0. The molecular formula is C12H14FNO. The van der Waals surface area contributed by atoms with Crippen molar-refractivity contribution in [1.82, 2.24) is 4.57 Å². The van der Waals surface area contributed by atoms with Gasteiger partial charge in [-0.3, -0.25) is 0 Å². The van der Waals surface area contributed by atoms with Gasteiger partial charge in [0.1, 0.15) is 5.82 Å². The van der Waals surface area contributed by atoms with E-state index in [2.05, 4.69) is 0 Å². The minimum atomic E-state index is -0.572. The highest BCUT2D eigenvalue weighted by molar-refractivity contribution is 5.82. The summed E-state index contributed by atoms with van der Waals surface area (Å²) in [6.07, 6.45) is -0.572. The number of nitrogens with zero attached hydrogens (tertiary/aromatic N) is 1. The molecule has 0 bridgehead atoms. The Morgan fingerprint density at radius 2 is 2.20 bits per heavy atom. The summed E-state index contributed by atoms with van der Waals surface area (Å²) in [5, 5.41) is 10.2. The Kier molecular flexibility index (Phi) is 2.49. The third-order valence-electron chi connectivity index (χ3n) is 2.67. The first-order valence-electron chi connectivity index (χ1n) is 5.11. The average Bonchev–Trinajstić information content (AvgIpc) is 2.57. The van der Waals surface area contributed by atoms with Crippen molar-refractivity contribution in [2.24, 2.45) is 0 Å². The highest BCUT2D eigenvalue weighted by Gasteiger charge is 2.13.